The number of aromatic nitrogens is 2. The summed E-state index contributed by atoms with van der Waals surface area (Å²) in [5.74, 6) is 0. The second-order valence-electron chi connectivity index (χ2n) is 6.50. The normalized spacial score (nSPS) is 21.5. The molecular weight excluding hydrogens is 292 g/mol. The maximum atomic E-state index is 12.9. The van der Waals surface area contributed by atoms with Crippen molar-refractivity contribution in [1.82, 2.24) is 20.4 Å². The van der Waals surface area contributed by atoms with E-state index in [9.17, 15) is 13.6 Å². The molecule has 0 aromatic carbocycles. The highest BCUT2D eigenvalue weighted by Crippen LogP contribution is 2.27. The fraction of sp³-hybridized carbons (Fsp3) is 0.714. The summed E-state index contributed by atoms with van der Waals surface area (Å²) >= 11 is 0. The van der Waals surface area contributed by atoms with Crippen molar-refractivity contribution < 1.29 is 13.6 Å². The van der Waals surface area contributed by atoms with Gasteiger partial charge in [0.15, 0.2) is 0 Å². The van der Waals surface area contributed by atoms with Gasteiger partial charge in [-0.2, -0.15) is 5.10 Å². The Labute approximate surface area is 128 Å². The molecule has 1 aliphatic rings. The molecule has 0 saturated carbocycles. The van der Waals surface area contributed by atoms with Gasteiger partial charge in [-0.15, -0.1) is 0 Å². The second kappa shape index (κ2) is 6.60. The fourth-order valence-electron chi connectivity index (χ4n) is 2.81. The maximum absolute atomic E-state index is 12.9. The van der Waals surface area contributed by atoms with Crippen LogP contribution >= 0.6 is 0 Å². The van der Waals surface area contributed by atoms with E-state index in [2.05, 4.69) is 34.9 Å². The van der Waals surface area contributed by atoms with Gasteiger partial charge in [-0.25, -0.2) is 13.6 Å². The number of alkyl halides is 2. The molecule has 2 heterocycles. The Morgan fingerprint density at radius 1 is 1.55 bits per heavy atom. The number of anilines is 1. The highest BCUT2D eigenvalue weighted by molar-refractivity contribution is 5.90. The Morgan fingerprint density at radius 2 is 2.27 bits per heavy atom. The monoisotopic (exact) mass is 315 g/mol. The molecule has 124 valence electrons. The van der Waals surface area contributed by atoms with Gasteiger partial charge < -0.3 is 16.0 Å². The third-order valence-corrected chi connectivity index (χ3v) is 3.85. The lowest BCUT2D eigenvalue weighted by Gasteiger charge is -2.26. The molecule has 0 radical (unpaired) electrons. The molecule has 1 aromatic rings. The van der Waals surface area contributed by atoms with Crippen LogP contribution in [0.15, 0.2) is 6.20 Å². The number of hydrogen-bond acceptors (Lipinski definition) is 3. The molecule has 0 bridgehead atoms. The summed E-state index contributed by atoms with van der Waals surface area (Å²) < 4.78 is 27.0. The average molecular weight is 315 g/mol. The van der Waals surface area contributed by atoms with Gasteiger partial charge in [0.05, 0.1) is 11.9 Å². The topological polar surface area (TPSA) is 71.0 Å². The molecule has 6 nitrogen and oxygen atoms in total. The molecule has 3 N–H and O–H groups in total. The molecule has 1 aromatic heterocycles. The Bertz CT molecular complexity index is 529. The molecular formula is C14H23F2N5O. The lowest BCUT2D eigenvalue weighted by atomic mass is 9.86. The lowest BCUT2D eigenvalue weighted by Crippen LogP contribution is -2.40. The molecule has 22 heavy (non-hydrogen) atoms. The minimum absolute atomic E-state index is 0.0108. The van der Waals surface area contributed by atoms with Gasteiger partial charge in [-0.1, -0.05) is 13.8 Å². The summed E-state index contributed by atoms with van der Waals surface area (Å²) in [5, 5.41) is 12.4. The number of carbonyl (C=O) groups excluding carboxylic acids is 1. The summed E-state index contributed by atoms with van der Waals surface area (Å²) in [5.41, 5.74) is -0.171. The number of aryl methyl sites for hydroxylation is 1. The molecule has 1 saturated heterocycles. The zero-order chi connectivity index (χ0) is 16.3. The largest absolute Gasteiger partial charge is 0.335 e. The maximum Gasteiger partial charge on any atom is 0.319 e. The molecule has 1 unspecified atom stereocenters. The third-order valence-electron chi connectivity index (χ3n) is 3.85. The predicted octanol–water partition coefficient (Wildman–Crippen LogP) is 2.26. The van der Waals surface area contributed by atoms with Crippen LogP contribution in [0.3, 0.4) is 0 Å². The van der Waals surface area contributed by atoms with Crippen LogP contribution in [-0.2, 0) is 7.05 Å². The molecule has 1 aliphatic heterocycles. The number of urea groups is 1. The van der Waals surface area contributed by atoms with Crippen LogP contribution in [0.2, 0.25) is 0 Å². The zero-order valence-electron chi connectivity index (χ0n) is 13.1. The van der Waals surface area contributed by atoms with Crippen LogP contribution in [0.5, 0.6) is 0 Å². The molecule has 0 aliphatic carbocycles. The van der Waals surface area contributed by atoms with E-state index in [0.29, 0.717) is 0 Å². The quantitative estimate of drug-likeness (QED) is 0.801. The van der Waals surface area contributed by atoms with Crippen molar-refractivity contribution in [1.29, 1.82) is 0 Å². The van der Waals surface area contributed by atoms with E-state index in [-0.39, 0.29) is 22.8 Å². The molecule has 2 rings (SSSR count). The summed E-state index contributed by atoms with van der Waals surface area (Å²) in [7, 11) is 1.42. The highest BCUT2D eigenvalue weighted by atomic mass is 19.3. The van der Waals surface area contributed by atoms with E-state index < -0.39 is 12.5 Å². The van der Waals surface area contributed by atoms with Crippen molar-refractivity contribution in [2.24, 2.45) is 12.5 Å². The average Bonchev–Trinajstić information content (AvgIpc) is 2.65. The van der Waals surface area contributed by atoms with Crippen molar-refractivity contribution in [3.05, 3.63) is 11.9 Å². The van der Waals surface area contributed by atoms with E-state index in [1.54, 1.807) is 0 Å². The number of nitrogens with one attached hydrogen (secondary N) is 3. The van der Waals surface area contributed by atoms with Crippen LogP contribution in [0.25, 0.3) is 0 Å². The first-order valence-electron chi connectivity index (χ1n) is 7.37. The number of carbonyl (C=O) groups is 1. The fourth-order valence-corrected chi connectivity index (χ4v) is 2.81. The van der Waals surface area contributed by atoms with Crippen molar-refractivity contribution in [3.8, 4) is 0 Å². The van der Waals surface area contributed by atoms with Crippen molar-refractivity contribution in [3.63, 3.8) is 0 Å². The number of nitrogens with zero attached hydrogens (tertiary/aromatic N) is 2. The van der Waals surface area contributed by atoms with Crippen molar-refractivity contribution >= 4 is 11.7 Å². The van der Waals surface area contributed by atoms with Gasteiger partial charge in [0.2, 0.25) is 0 Å². The first-order chi connectivity index (χ1) is 10.3. The van der Waals surface area contributed by atoms with Crippen LogP contribution in [0.1, 0.15) is 38.8 Å². The summed E-state index contributed by atoms with van der Waals surface area (Å²) in [6, 6.07) is -0.464. The first-order valence-corrected chi connectivity index (χ1v) is 7.37. The van der Waals surface area contributed by atoms with E-state index in [4.69, 9.17) is 0 Å². The Balaban J connectivity index is 1.98. The SMILES string of the molecule is Cn1ncc(NC(=O)NC2CCNCC(C)(C)C2)c1C(F)F. The van der Waals surface area contributed by atoms with Crippen molar-refractivity contribution in [2.45, 2.75) is 39.2 Å². The minimum Gasteiger partial charge on any atom is -0.335 e. The predicted molar refractivity (Wildman–Crippen MR) is 80.0 cm³/mol. The zero-order valence-corrected chi connectivity index (χ0v) is 13.1. The Hall–Kier alpha value is -1.70. The Morgan fingerprint density at radius 3 is 2.95 bits per heavy atom. The molecule has 8 heteroatoms. The number of hydrogen-bond donors (Lipinski definition) is 3. The minimum atomic E-state index is -2.69. The van der Waals surface area contributed by atoms with Gasteiger partial charge in [0, 0.05) is 19.6 Å². The van der Waals surface area contributed by atoms with Gasteiger partial charge in [-0.3, -0.25) is 4.68 Å². The van der Waals surface area contributed by atoms with E-state index >= 15 is 0 Å². The van der Waals surface area contributed by atoms with Crippen LogP contribution < -0.4 is 16.0 Å². The lowest BCUT2D eigenvalue weighted by molar-refractivity contribution is 0.141. The van der Waals surface area contributed by atoms with E-state index in [1.165, 1.54) is 13.2 Å². The number of amides is 2. The van der Waals surface area contributed by atoms with E-state index in [1.807, 2.05) is 0 Å². The first kappa shape index (κ1) is 16.7. The number of rotatable bonds is 3. The van der Waals surface area contributed by atoms with Gasteiger partial charge in [0.25, 0.3) is 6.43 Å². The van der Waals surface area contributed by atoms with Crippen LogP contribution in [-0.4, -0.2) is 34.9 Å². The van der Waals surface area contributed by atoms with Crippen molar-refractivity contribution in [2.75, 3.05) is 18.4 Å². The Kier molecular flexibility index (Phi) is 5.00. The molecule has 2 amide bonds. The summed E-state index contributed by atoms with van der Waals surface area (Å²) in [4.78, 5) is 12.1. The number of halogens is 2. The van der Waals surface area contributed by atoms with E-state index in [0.717, 1.165) is 30.6 Å². The third kappa shape index (κ3) is 4.16. The van der Waals surface area contributed by atoms with Gasteiger partial charge >= 0.3 is 6.03 Å². The smallest absolute Gasteiger partial charge is 0.319 e. The van der Waals surface area contributed by atoms with Gasteiger partial charge in [0.1, 0.15) is 5.69 Å². The standard InChI is InChI=1S/C14H23F2N5O/c1-14(2)6-9(4-5-17-8-14)19-13(22)20-10-7-18-21(3)11(10)12(15)16/h7,9,12,17H,4-6,8H2,1-3H3,(H2,19,20,22). The molecule has 1 fully saturated rings. The highest BCUT2D eigenvalue weighted by Gasteiger charge is 2.27. The summed E-state index contributed by atoms with van der Waals surface area (Å²) in [6.07, 6.45) is 0.191. The second-order valence-corrected chi connectivity index (χ2v) is 6.50. The summed E-state index contributed by atoms with van der Waals surface area (Å²) in [6.45, 7) is 5.98. The molecule has 1 atom stereocenters. The van der Waals surface area contributed by atoms with Gasteiger partial charge in [-0.05, 0) is 24.8 Å². The van der Waals surface area contributed by atoms with Crippen LogP contribution in [0.4, 0.5) is 19.3 Å². The van der Waals surface area contributed by atoms with Crippen LogP contribution in [0, 0.1) is 5.41 Å². The molecule has 0 spiro atoms.